The molecule has 0 aromatic heterocycles. The maximum absolute atomic E-state index is 14.1. The molecule has 3 aliphatic carbocycles. The zero-order valence-corrected chi connectivity index (χ0v) is 9.35. The topological polar surface area (TPSA) is 0 Å². The molecule has 16 heavy (non-hydrogen) atoms. The number of hydrogen-bond acceptors (Lipinski definition) is 0. The number of allylic oxidation sites excluding steroid dienone is 1. The third kappa shape index (κ3) is 0.829. The first kappa shape index (κ1) is 8.98. The maximum atomic E-state index is 14.1. The molecule has 82 valence electrons. The molecule has 0 amide bonds. The SMILES string of the molecule is C=C1CC2(CC2)C2(CC2)c2c(F)cccc21. The van der Waals surface area contributed by atoms with Gasteiger partial charge in [0.25, 0.3) is 0 Å². The molecule has 0 N–H and O–H groups in total. The van der Waals surface area contributed by atoms with Crippen molar-refractivity contribution in [1.29, 1.82) is 0 Å². The highest BCUT2D eigenvalue weighted by Crippen LogP contribution is 2.76. The summed E-state index contributed by atoms with van der Waals surface area (Å²) in [7, 11) is 0. The summed E-state index contributed by atoms with van der Waals surface area (Å²) < 4.78 is 14.1. The molecule has 1 heteroatoms. The molecule has 3 aliphatic rings. The first-order valence-corrected chi connectivity index (χ1v) is 6.16. The zero-order valence-electron chi connectivity index (χ0n) is 9.35. The number of halogens is 1. The molecule has 0 unspecified atom stereocenters. The minimum atomic E-state index is 0.00197. The van der Waals surface area contributed by atoms with Gasteiger partial charge in [-0.2, -0.15) is 0 Å². The molecule has 1 aromatic carbocycles. The number of rotatable bonds is 0. The van der Waals surface area contributed by atoms with Gasteiger partial charge in [-0.1, -0.05) is 18.7 Å². The van der Waals surface area contributed by atoms with Gasteiger partial charge in [0.2, 0.25) is 0 Å². The zero-order chi connectivity index (χ0) is 11.0. The Balaban J connectivity index is 2.03. The maximum Gasteiger partial charge on any atom is 0.127 e. The van der Waals surface area contributed by atoms with Crippen LogP contribution in [0, 0.1) is 11.2 Å². The minimum absolute atomic E-state index is 0.00197. The Morgan fingerprint density at radius 3 is 2.50 bits per heavy atom. The number of hydrogen-bond donors (Lipinski definition) is 0. The van der Waals surface area contributed by atoms with Gasteiger partial charge in [-0.25, -0.2) is 4.39 Å². The standard InChI is InChI=1S/C15H15F/c1-10-9-14(5-6-14)15(7-8-15)13-11(10)3-2-4-12(13)16/h2-4H,1,5-9H2. The van der Waals surface area contributed by atoms with Gasteiger partial charge in [0.15, 0.2) is 0 Å². The third-order valence-electron chi connectivity index (χ3n) is 5.04. The van der Waals surface area contributed by atoms with E-state index in [1.54, 1.807) is 6.07 Å². The summed E-state index contributed by atoms with van der Waals surface area (Å²) in [5.74, 6) is 0.00197. The van der Waals surface area contributed by atoms with Gasteiger partial charge < -0.3 is 0 Å². The van der Waals surface area contributed by atoms with Crippen molar-refractivity contribution < 1.29 is 4.39 Å². The summed E-state index contributed by atoms with van der Waals surface area (Å²) in [6.45, 7) is 4.16. The summed E-state index contributed by atoms with van der Waals surface area (Å²) in [4.78, 5) is 0. The van der Waals surface area contributed by atoms with E-state index in [1.807, 2.05) is 6.07 Å². The third-order valence-corrected chi connectivity index (χ3v) is 5.04. The van der Waals surface area contributed by atoms with Crippen LogP contribution in [0.25, 0.3) is 5.57 Å². The van der Waals surface area contributed by atoms with Crippen molar-refractivity contribution in [1.82, 2.24) is 0 Å². The van der Waals surface area contributed by atoms with Gasteiger partial charge in [0.1, 0.15) is 5.82 Å². The van der Waals surface area contributed by atoms with Gasteiger partial charge in [0, 0.05) is 11.0 Å². The number of fused-ring (bicyclic) bond motifs is 3. The van der Waals surface area contributed by atoms with E-state index >= 15 is 0 Å². The lowest BCUT2D eigenvalue weighted by Crippen LogP contribution is -2.29. The van der Waals surface area contributed by atoms with E-state index in [1.165, 1.54) is 25.7 Å². The molecule has 0 atom stereocenters. The van der Waals surface area contributed by atoms with Gasteiger partial charge in [-0.3, -0.25) is 0 Å². The van der Waals surface area contributed by atoms with Crippen LogP contribution in [0.1, 0.15) is 43.2 Å². The average Bonchev–Trinajstić information content (AvgIpc) is 3.10. The van der Waals surface area contributed by atoms with E-state index in [2.05, 4.69) is 12.6 Å². The first-order valence-electron chi connectivity index (χ1n) is 6.16. The van der Waals surface area contributed by atoms with Crippen molar-refractivity contribution in [3.63, 3.8) is 0 Å². The molecular weight excluding hydrogens is 199 g/mol. The predicted molar refractivity (Wildman–Crippen MR) is 62.6 cm³/mol. The highest BCUT2D eigenvalue weighted by Gasteiger charge is 2.68. The fourth-order valence-corrected chi connectivity index (χ4v) is 3.95. The molecule has 0 bridgehead atoms. The quantitative estimate of drug-likeness (QED) is 0.611. The summed E-state index contributed by atoms with van der Waals surface area (Å²) in [5, 5.41) is 0. The summed E-state index contributed by atoms with van der Waals surface area (Å²) >= 11 is 0. The van der Waals surface area contributed by atoms with Crippen LogP contribution in [0.5, 0.6) is 0 Å². The minimum Gasteiger partial charge on any atom is -0.207 e. The van der Waals surface area contributed by atoms with Crippen LogP contribution in [-0.4, -0.2) is 0 Å². The molecule has 4 rings (SSSR count). The average molecular weight is 214 g/mol. The van der Waals surface area contributed by atoms with Crippen LogP contribution in [-0.2, 0) is 5.41 Å². The second-order valence-electron chi connectivity index (χ2n) is 5.81. The summed E-state index contributed by atoms with van der Waals surface area (Å²) in [5.41, 5.74) is 3.87. The molecule has 2 spiro atoms. The molecule has 0 heterocycles. The van der Waals surface area contributed by atoms with Crippen LogP contribution in [0.2, 0.25) is 0 Å². The first-order chi connectivity index (χ1) is 7.69. The van der Waals surface area contributed by atoms with E-state index in [0.717, 1.165) is 23.1 Å². The molecule has 0 saturated heterocycles. The Hall–Kier alpha value is -1.11. The van der Waals surface area contributed by atoms with Crippen LogP contribution < -0.4 is 0 Å². The fourth-order valence-electron chi connectivity index (χ4n) is 3.95. The van der Waals surface area contributed by atoms with Crippen LogP contribution in [0.15, 0.2) is 24.8 Å². The predicted octanol–water partition coefficient (Wildman–Crippen LogP) is 4.05. The molecule has 2 saturated carbocycles. The highest BCUT2D eigenvalue weighted by atomic mass is 19.1. The number of benzene rings is 1. The van der Waals surface area contributed by atoms with E-state index in [9.17, 15) is 4.39 Å². The van der Waals surface area contributed by atoms with E-state index in [0.29, 0.717) is 5.41 Å². The van der Waals surface area contributed by atoms with Gasteiger partial charge in [0.05, 0.1) is 0 Å². The highest BCUT2D eigenvalue weighted by molar-refractivity contribution is 5.73. The van der Waals surface area contributed by atoms with Crippen molar-refractivity contribution in [3.8, 4) is 0 Å². The molecule has 2 fully saturated rings. The lowest BCUT2D eigenvalue weighted by Gasteiger charge is -2.36. The van der Waals surface area contributed by atoms with Gasteiger partial charge >= 0.3 is 0 Å². The van der Waals surface area contributed by atoms with Gasteiger partial charge in [-0.15, -0.1) is 0 Å². The molecule has 0 radical (unpaired) electrons. The Kier molecular flexibility index (Phi) is 1.36. The Morgan fingerprint density at radius 1 is 1.12 bits per heavy atom. The Labute approximate surface area is 95.2 Å². The van der Waals surface area contributed by atoms with Crippen molar-refractivity contribution >= 4 is 5.57 Å². The fraction of sp³-hybridized carbons (Fsp3) is 0.467. The molecule has 0 nitrogen and oxygen atoms in total. The smallest absolute Gasteiger partial charge is 0.127 e. The van der Waals surface area contributed by atoms with Crippen molar-refractivity contribution in [3.05, 3.63) is 41.7 Å². The molecule has 1 aromatic rings. The normalized spacial score (nSPS) is 26.9. The lowest BCUT2D eigenvalue weighted by molar-refractivity contribution is 0.361. The summed E-state index contributed by atoms with van der Waals surface area (Å²) in [6, 6.07) is 5.49. The van der Waals surface area contributed by atoms with E-state index < -0.39 is 0 Å². The molecule has 0 aliphatic heterocycles. The second-order valence-corrected chi connectivity index (χ2v) is 5.81. The van der Waals surface area contributed by atoms with Crippen molar-refractivity contribution in [2.75, 3.05) is 0 Å². The van der Waals surface area contributed by atoms with Crippen LogP contribution >= 0.6 is 0 Å². The summed E-state index contributed by atoms with van der Waals surface area (Å²) in [6.07, 6.45) is 6.03. The van der Waals surface area contributed by atoms with Crippen molar-refractivity contribution in [2.45, 2.75) is 37.5 Å². The Bertz CT molecular complexity index is 504. The largest absolute Gasteiger partial charge is 0.207 e. The second kappa shape index (κ2) is 2.42. The molecular formula is C15H15F. The van der Waals surface area contributed by atoms with Crippen molar-refractivity contribution in [2.24, 2.45) is 5.41 Å². The van der Waals surface area contributed by atoms with Crippen LogP contribution in [0.4, 0.5) is 4.39 Å². The lowest BCUT2D eigenvalue weighted by atomic mass is 9.68. The van der Waals surface area contributed by atoms with Gasteiger partial charge in [-0.05, 0) is 54.7 Å². The Morgan fingerprint density at radius 2 is 1.88 bits per heavy atom. The van der Waals surface area contributed by atoms with E-state index in [4.69, 9.17) is 0 Å². The monoisotopic (exact) mass is 214 g/mol. The van der Waals surface area contributed by atoms with E-state index in [-0.39, 0.29) is 11.2 Å². The van der Waals surface area contributed by atoms with Crippen LogP contribution in [0.3, 0.4) is 0 Å².